The minimum Gasteiger partial charge on any atom is -0.361 e. The second-order valence-electron chi connectivity index (χ2n) is 4.55. The van der Waals surface area contributed by atoms with Gasteiger partial charge in [0.2, 0.25) is 0 Å². The van der Waals surface area contributed by atoms with Gasteiger partial charge in [-0.25, -0.2) is 0 Å². The van der Waals surface area contributed by atoms with Crippen LogP contribution in [0, 0.1) is 0 Å². The lowest BCUT2D eigenvalue weighted by atomic mass is 9.78. The molecule has 2 aromatic rings. The van der Waals surface area contributed by atoms with Crippen molar-refractivity contribution >= 4 is 10.9 Å². The van der Waals surface area contributed by atoms with E-state index < -0.39 is 0 Å². The summed E-state index contributed by atoms with van der Waals surface area (Å²) in [6.07, 6.45) is 4.38. The maximum Gasteiger partial charge on any atom is 0.0456 e. The summed E-state index contributed by atoms with van der Waals surface area (Å²) < 4.78 is 0. The Hall–Kier alpha value is -1.24. The number of H-pyrrole nitrogens is 1. The van der Waals surface area contributed by atoms with Crippen molar-refractivity contribution in [2.24, 2.45) is 0 Å². The molecule has 15 heavy (non-hydrogen) atoms. The number of aromatic nitrogens is 1. The highest BCUT2D eigenvalue weighted by Gasteiger charge is 2.22. The number of benzene rings is 1. The molecule has 0 unspecified atom stereocenters. The van der Waals surface area contributed by atoms with Crippen LogP contribution < -0.4 is 0 Å². The number of aromatic amines is 1. The molecule has 1 aromatic carbocycles. The van der Waals surface area contributed by atoms with Crippen LogP contribution in [0.25, 0.3) is 10.9 Å². The number of nitrogens with one attached hydrogen (secondary N) is 1. The van der Waals surface area contributed by atoms with Gasteiger partial charge < -0.3 is 4.98 Å². The summed E-state index contributed by atoms with van der Waals surface area (Å²) >= 11 is 0. The zero-order chi connectivity index (χ0) is 10.9. The molecule has 0 saturated carbocycles. The van der Waals surface area contributed by atoms with Crippen LogP contribution in [0.1, 0.15) is 39.2 Å². The summed E-state index contributed by atoms with van der Waals surface area (Å²) in [6.45, 7) is 6.88. The smallest absolute Gasteiger partial charge is 0.0456 e. The van der Waals surface area contributed by atoms with E-state index in [1.54, 1.807) is 0 Å². The molecule has 0 amide bonds. The Balaban J connectivity index is 2.51. The van der Waals surface area contributed by atoms with Crippen molar-refractivity contribution in [1.29, 1.82) is 0 Å². The maximum absolute atomic E-state index is 3.28. The predicted octanol–water partition coefficient (Wildman–Crippen LogP) is 4.25. The minimum atomic E-state index is 0.319. The van der Waals surface area contributed by atoms with Crippen LogP contribution in [0.2, 0.25) is 0 Å². The van der Waals surface area contributed by atoms with Crippen LogP contribution in [0.4, 0.5) is 0 Å². The fraction of sp³-hybridized carbons (Fsp3) is 0.429. The maximum atomic E-state index is 3.28. The Bertz CT molecular complexity index is 449. The van der Waals surface area contributed by atoms with Gasteiger partial charge in [0.1, 0.15) is 0 Å². The van der Waals surface area contributed by atoms with E-state index >= 15 is 0 Å². The third kappa shape index (κ3) is 1.67. The lowest BCUT2D eigenvalue weighted by molar-refractivity contribution is 0.439. The Kier molecular flexibility index (Phi) is 2.56. The number of hydrogen-bond donors (Lipinski definition) is 1. The Morgan fingerprint density at radius 1 is 1.13 bits per heavy atom. The molecule has 1 nitrogen and oxygen atoms in total. The molecule has 0 radical (unpaired) electrons. The van der Waals surface area contributed by atoms with Crippen LogP contribution >= 0.6 is 0 Å². The van der Waals surface area contributed by atoms with Gasteiger partial charge in [-0.15, -0.1) is 0 Å². The second kappa shape index (κ2) is 3.73. The van der Waals surface area contributed by atoms with E-state index in [1.165, 1.54) is 29.3 Å². The molecule has 1 aromatic heterocycles. The lowest BCUT2D eigenvalue weighted by Gasteiger charge is -2.27. The van der Waals surface area contributed by atoms with Gasteiger partial charge in [0.25, 0.3) is 0 Å². The highest BCUT2D eigenvalue weighted by Crippen LogP contribution is 2.32. The van der Waals surface area contributed by atoms with Crippen LogP contribution in [0.5, 0.6) is 0 Å². The largest absolute Gasteiger partial charge is 0.361 e. The number of hydrogen-bond acceptors (Lipinski definition) is 0. The molecule has 80 valence electrons. The second-order valence-corrected chi connectivity index (χ2v) is 4.55. The Labute approximate surface area is 91.5 Å². The summed E-state index contributed by atoms with van der Waals surface area (Å²) in [4.78, 5) is 3.28. The number of fused-ring (bicyclic) bond motifs is 1. The van der Waals surface area contributed by atoms with E-state index in [0.717, 1.165) is 0 Å². The molecule has 0 aliphatic carbocycles. The fourth-order valence-corrected chi connectivity index (χ4v) is 2.08. The van der Waals surface area contributed by atoms with Gasteiger partial charge in [0.15, 0.2) is 0 Å². The van der Waals surface area contributed by atoms with Crippen molar-refractivity contribution in [2.45, 2.75) is 39.0 Å². The van der Waals surface area contributed by atoms with Gasteiger partial charge in [0, 0.05) is 11.7 Å². The molecule has 1 heterocycles. The van der Waals surface area contributed by atoms with Crippen molar-refractivity contribution in [3.63, 3.8) is 0 Å². The molecule has 1 N–H and O–H groups in total. The third-order valence-electron chi connectivity index (χ3n) is 3.81. The van der Waals surface area contributed by atoms with Crippen LogP contribution in [-0.2, 0) is 5.41 Å². The van der Waals surface area contributed by atoms with Gasteiger partial charge in [-0.1, -0.05) is 32.9 Å². The predicted molar refractivity (Wildman–Crippen MR) is 66.2 cm³/mol. The summed E-state index contributed by atoms with van der Waals surface area (Å²) in [7, 11) is 0. The monoisotopic (exact) mass is 201 g/mol. The van der Waals surface area contributed by atoms with E-state index in [4.69, 9.17) is 0 Å². The molecule has 0 spiro atoms. The zero-order valence-electron chi connectivity index (χ0n) is 9.80. The number of rotatable bonds is 3. The molecule has 0 atom stereocenters. The van der Waals surface area contributed by atoms with Gasteiger partial charge in [-0.2, -0.15) is 0 Å². The van der Waals surface area contributed by atoms with Crippen molar-refractivity contribution in [1.82, 2.24) is 4.98 Å². The highest BCUT2D eigenvalue weighted by molar-refractivity contribution is 5.80. The molecule has 0 bridgehead atoms. The van der Waals surface area contributed by atoms with E-state index in [-0.39, 0.29) is 0 Å². The first kappa shape index (κ1) is 10.3. The van der Waals surface area contributed by atoms with E-state index in [0.29, 0.717) is 5.41 Å². The molecular weight excluding hydrogens is 182 g/mol. The molecular formula is C14H19N. The molecule has 1 heteroatoms. The first-order valence-corrected chi connectivity index (χ1v) is 5.77. The summed E-state index contributed by atoms with van der Waals surface area (Å²) in [6, 6.07) is 8.89. The molecule has 0 fully saturated rings. The van der Waals surface area contributed by atoms with Crippen molar-refractivity contribution in [2.75, 3.05) is 0 Å². The molecule has 0 aliphatic heterocycles. The van der Waals surface area contributed by atoms with Gasteiger partial charge in [-0.3, -0.25) is 0 Å². The Morgan fingerprint density at radius 3 is 2.53 bits per heavy atom. The molecule has 2 rings (SSSR count). The van der Waals surface area contributed by atoms with Gasteiger partial charge in [0.05, 0.1) is 0 Å². The van der Waals surface area contributed by atoms with Crippen molar-refractivity contribution in [3.05, 3.63) is 36.0 Å². The van der Waals surface area contributed by atoms with Crippen LogP contribution in [0.3, 0.4) is 0 Å². The van der Waals surface area contributed by atoms with Crippen molar-refractivity contribution in [3.8, 4) is 0 Å². The standard InChI is InChI=1S/C14H19N/c1-4-14(3,5-2)12-7-6-11-8-9-15-13(11)10-12/h6-10,15H,4-5H2,1-3H3. The average Bonchev–Trinajstić information content (AvgIpc) is 2.74. The normalized spacial score (nSPS) is 12.2. The minimum absolute atomic E-state index is 0.319. The van der Waals surface area contributed by atoms with Crippen LogP contribution in [0.15, 0.2) is 30.5 Å². The average molecular weight is 201 g/mol. The summed E-state index contributed by atoms with van der Waals surface area (Å²) in [5, 5.41) is 1.30. The first-order valence-electron chi connectivity index (χ1n) is 5.77. The molecule has 0 saturated heterocycles. The first-order chi connectivity index (χ1) is 7.19. The summed E-state index contributed by atoms with van der Waals surface area (Å²) in [5.41, 5.74) is 3.02. The van der Waals surface area contributed by atoms with Gasteiger partial charge >= 0.3 is 0 Å². The lowest BCUT2D eigenvalue weighted by Crippen LogP contribution is -2.19. The van der Waals surface area contributed by atoms with Crippen LogP contribution in [-0.4, -0.2) is 4.98 Å². The van der Waals surface area contributed by atoms with Crippen molar-refractivity contribution < 1.29 is 0 Å². The topological polar surface area (TPSA) is 15.8 Å². The molecule has 0 aliphatic rings. The Morgan fingerprint density at radius 2 is 1.87 bits per heavy atom. The SMILES string of the molecule is CCC(C)(CC)c1ccc2cc[nH]c2c1. The fourth-order valence-electron chi connectivity index (χ4n) is 2.08. The summed E-state index contributed by atoms with van der Waals surface area (Å²) in [5.74, 6) is 0. The van der Waals surface area contributed by atoms with E-state index in [2.05, 4.69) is 50.0 Å². The highest BCUT2D eigenvalue weighted by atomic mass is 14.7. The van der Waals surface area contributed by atoms with E-state index in [9.17, 15) is 0 Å². The van der Waals surface area contributed by atoms with Gasteiger partial charge in [-0.05, 0) is 41.3 Å². The zero-order valence-corrected chi connectivity index (χ0v) is 9.80. The third-order valence-corrected chi connectivity index (χ3v) is 3.81. The van der Waals surface area contributed by atoms with E-state index in [1.807, 2.05) is 6.20 Å². The quantitative estimate of drug-likeness (QED) is 0.764.